The second-order valence-corrected chi connectivity index (χ2v) is 13.0. The molecule has 0 bridgehead atoms. The molecule has 0 aliphatic heterocycles. The molecule has 246 valence electrons. The van der Waals surface area contributed by atoms with Crippen LogP contribution in [0.1, 0.15) is 32.3 Å². The van der Waals surface area contributed by atoms with Crippen LogP contribution in [-0.2, 0) is 4.79 Å². The molecule has 8 heteroatoms. The SMILES string of the molecule is Cc1ccc(-c2cc(-c3ccccc3)nc(SC(C(=O)Nc3ccc(-c4cc(C(=O)O)c5ccccc5n4)cc3)c3ccccc3)c2C#N)cc1. The van der Waals surface area contributed by atoms with Crippen molar-refractivity contribution in [3.63, 3.8) is 0 Å². The summed E-state index contributed by atoms with van der Waals surface area (Å²) in [4.78, 5) is 35.8. The summed E-state index contributed by atoms with van der Waals surface area (Å²) in [6, 6.07) is 47.4. The minimum atomic E-state index is -1.03. The number of hydrogen-bond acceptors (Lipinski definition) is 6. The van der Waals surface area contributed by atoms with Gasteiger partial charge in [0.1, 0.15) is 16.3 Å². The van der Waals surface area contributed by atoms with Gasteiger partial charge in [-0.1, -0.05) is 133 Å². The Kier molecular flexibility index (Phi) is 9.38. The van der Waals surface area contributed by atoms with Gasteiger partial charge in [-0.05, 0) is 48.4 Å². The maximum Gasteiger partial charge on any atom is 0.336 e. The molecule has 7 aromatic rings. The van der Waals surface area contributed by atoms with Crippen molar-refractivity contribution in [2.45, 2.75) is 17.2 Å². The normalized spacial score (nSPS) is 11.5. The predicted octanol–water partition coefficient (Wildman–Crippen LogP) is 9.98. The number of rotatable bonds is 9. The van der Waals surface area contributed by atoms with Gasteiger partial charge in [0.25, 0.3) is 0 Å². The number of hydrogen-bond donors (Lipinski definition) is 2. The number of nitrogens with zero attached hydrogens (tertiary/aromatic N) is 3. The Bertz CT molecular complexity index is 2430. The van der Waals surface area contributed by atoms with Crippen molar-refractivity contribution in [1.82, 2.24) is 9.97 Å². The molecule has 1 unspecified atom stereocenters. The van der Waals surface area contributed by atoms with E-state index in [0.29, 0.717) is 44.1 Å². The van der Waals surface area contributed by atoms with Crippen molar-refractivity contribution in [2.24, 2.45) is 0 Å². The number of carbonyl (C=O) groups excluding carboxylic acids is 1. The van der Waals surface area contributed by atoms with E-state index in [1.54, 1.807) is 48.5 Å². The molecular formula is C43H30N4O3S. The molecule has 2 heterocycles. The van der Waals surface area contributed by atoms with Gasteiger partial charge in [0.15, 0.2) is 0 Å². The Labute approximate surface area is 299 Å². The molecule has 2 aromatic heterocycles. The average molecular weight is 683 g/mol. The molecule has 51 heavy (non-hydrogen) atoms. The highest BCUT2D eigenvalue weighted by Gasteiger charge is 2.26. The summed E-state index contributed by atoms with van der Waals surface area (Å²) in [5.41, 5.74) is 8.00. The van der Waals surface area contributed by atoms with Crippen molar-refractivity contribution in [3.8, 4) is 39.7 Å². The molecule has 0 spiro atoms. The first-order valence-electron chi connectivity index (χ1n) is 16.2. The zero-order valence-electron chi connectivity index (χ0n) is 27.4. The molecule has 0 radical (unpaired) electrons. The summed E-state index contributed by atoms with van der Waals surface area (Å²) in [6.45, 7) is 2.02. The number of anilines is 1. The second kappa shape index (κ2) is 14.5. The van der Waals surface area contributed by atoms with Crippen LogP contribution in [0.2, 0.25) is 0 Å². The van der Waals surface area contributed by atoms with Crippen molar-refractivity contribution < 1.29 is 14.7 Å². The van der Waals surface area contributed by atoms with Gasteiger partial charge in [-0.3, -0.25) is 4.79 Å². The van der Waals surface area contributed by atoms with E-state index in [9.17, 15) is 20.0 Å². The lowest BCUT2D eigenvalue weighted by Crippen LogP contribution is -2.19. The van der Waals surface area contributed by atoms with Crippen LogP contribution in [0.4, 0.5) is 5.69 Å². The molecule has 0 aliphatic carbocycles. The number of nitriles is 1. The Morgan fingerprint density at radius 1 is 0.725 bits per heavy atom. The standard InChI is InChI=1S/C43H30N4O3S/c1-27-16-18-28(19-17-27)34-24-39(29-10-4-2-5-11-29)47-42(36(34)26-44)51-40(31-12-6-3-7-13-31)41(48)45-32-22-20-30(21-23-32)38-25-35(43(49)50)33-14-8-9-15-37(33)46-38/h2-25,40H,1H3,(H,45,48)(H,49,50). The number of carbonyl (C=O) groups is 2. The topological polar surface area (TPSA) is 116 Å². The lowest BCUT2D eigenvalue weighted by Gasteiger charge is -2.19. The summed E-state index contributed by atoms with van der Waals surface area (Å²) in [5, 5.41) is 23.7. The van der Waals surface area contributed by atoms with Gasteiger partial charge in [-0.2, -0.15) is 5.26 Å². The number of aromatic nitrogens is 2. The van der Waals surface area contributed by atoms with Crippen molar-refractivity contribution >= 4 is 40.2 Å². The van der Waals surface area contributed by atoms with Crippen LogP contribution in [0.5, 0.6) is 0 Å². The number of thioether (sulfide) groups is 1. The largest absolute Gasteiger partial charge is 0.478 e. The average Bonchev–Trinajstić information content (AvgIpc) is 3.17. The van der Waals surface area contributed by atoms with Gasteiger partial charge in [0.05, 0.1) is 28.0 Å². The van der Waals surface area contributed by atoms with Gasteiger partial charge in [0.2, 0.25) is 5.91 Å². The van der Waals surface area contributed by atoms with E-state index in [1.807, 2.05) is 104 Å². The Morgan fingerprint density at radius 3 is 2.02 bits per heavy atom. The lowest BCUT2D eigenvalue weighted by molar-refractivity contribution is -0.115. The van der Waals surface area contributed by atoms with Crippen molar-refractivity contribution in [3.05, 3.63) is 168 Å². The fourth-order valence-electron chi connectivity index (χ4n) is 5.88. The van der Waals surface area contributed by atoms with Crippen LogP contribution in [-0.4, -0.2) is 27.0 Å². The Hall–Kier alpha value is -6.56. The highest BCUT2D eigenvalue weighted by Crippen LogP contribution is 2.41. The molecule has 1 atom stereocenters. The summed E-state index contributed by atoms with van der Waals surface area (Å²) in [5.74, 6) is -1.32. The molecule has 0 aliphatic rings. The summed E-state index contributed by atoms with van der Waals surface area (Å²) in [6.07, 6.45) is 0. The fraction of sp³-hybridized carbons (Fsp3) is 0.0465. The molecule has 7 nitrogen and oxygen atoms in total. The Balaban J connectivity index is 1.24. The molecule has 5 aromatic carbocycles. The first kappa shape index (κ1) is 33.0. The van der Waals surface area contributed by atoms with E-state index in [1.165, 1.54) is 11.8 Å². The Morgan fingerprint density at radius 2 is 1.33 bits per heavy atom. The number of nitrogens with one attached hydrogen (secondary N) is 1. The van der Waals surface area contributed by atoms with E-state index in [2.05, 4.69) is 16.4 Å². The molecule has 0 saturated heterocycles. The van der Waals surface area contributed by atoms with E-state index in [0.717, 1.165) is 27.8 Å². The van der Waals surface area contributed by atoms with Crippen LogP contribution in [0.15, 0.2) is 151 Å². The highest BCUT2D eigenvalue weighted by atomic mass is 32.2. The molecule has 1 amide bonds. The molecule has 0 fully saturated rings. The third-order valence-corrected chi connectivity index (χ3v) is 9.74. The number of pyridine rings is 2. The van der Waals surface area contributed by atoms with Crippen molar-refractivity contribution in [1.29, 1.82) is 5.26 Å². The highest BCUT2D eigenvalue weighted by molar-refractivity contribution is 8.00. The molecule has 0 saturated carbocycles. The van der Waals surface area contributed by atoms with E-state index < -0.39 is 11.2 Å². The van der Waals surface area contributed by atoms with Gasteiger partial charge in [0, 0.05) is 27.8 Å². The van der Waals surface area contributed by atoms with Gasteiger partial charge >= 0.3 is 5.97 Å². The number of benzene rings is 5. The first-order valence-corrected chi connectivity index (χ1v) is 17.1. The minimum Gasteiger partial charge on any atom is -0.478 e. The van der Waals surface area contributed by atoms with Crippen LogP contribution in [0.25, 0.3) is 44.5 Å². The number of carboxylic acids is 1. The number of amides is 1. The zero-order chi connectivity index (χ0) is 35.3. The van der Waals surface area contributed by atoms with Gasteiger partial charge < -0.3 is 10.4 Å². The zero-order valence-corrected chi connectivity index (χ0v) is 28.3. The van der Waals surface area contributed by atoms with E-state index >= 15 is 0 Å². The first-order chi connectivity index (χ1) is 24.9. The van der Waals surface area contributed by atoms with Gasteiger partial charge in [-0.15, -0.1) is 0 Å². The van der Waals surface area contributed by atoms with Crippen LogP contribution in [0, 0.1) is 18.3 Å². The monoisotopic (exact) mass is 682 g/mol. The molecule has 7 rings (SSSR count). The molecular weight excluding hydrogens is 653 g/mol. The van der Waals surface area contributed by atoms with Crippen LogP contribution in [0.3, 0.4) is 0 Å². The number of carboxylic acid groups (broad SMARTS) is 1. The van der Waals surface area contributed by atoms with E-state index in [4.69, 9.17) is 4.98 Å². The smallest absolute Gasteiger partial charge is 0.336 e. The number of aryl methyl sites for hydroxylation is 1. The van der Waals surface area contributed by atoms with Crippen LogP contribution >= 0.6 is 11.8 Å². The maximum absolute atomic E-state index is 14.2. The van der Waals surface area contributed by atoms with Crippen molar-refractivity contribution in [2.75, 3.05) is 5.32 Å². The fourth-order valence-corrected chi connectivity index (χ4v) is 6.98. The summed E-state index contributed by atoms with van der Waals surface area (Å²) in [7, 11) is 0. The number of fused-ring (bicyclic) bond motifs is 1. The quantitative estimate of drug-likeness (QED) is 0.146. The predicted molar refractivity (Wildman–Crippen MR) is 202 cm³/mol. The minimum absolute atomic E-state index is 0.169. The number of para-hydroxylation sites is 1. The second-order valence-electron chi connectivity index (χ2n) is 11.9. The van der Waals surface area contributed by atoms with E-state index in [-0.39, 0.29) is 11.5 Å². The lowest BCUT2D eigenvalue weighted by atomic mass is 9.98. The number of aromatic carboxylic acids is 1. The summed E-state index contributed by atoms with van der Waals surface area (Å²) >= 11 is 1.24. The third-order valence-electron chi connectivity index (χ3n) is 8.49. The molecule has 2 N–H and O–H groups in total. The maximum atomic E-state index is 14.2. The summed E-state index contributed by atoms with van der Waals surface area (Å²) < 4.78 is 0. The van der Waals surface area contributed by atoms with Crippen LogP contribution < -0.4 is 5.32 Å². The third kappa shape index (κ3) is 7.11. The van der Waals surface area contributed by atoms with Gasteiger partial charge in [-0.25, -0.2) is 14.8 Å².